The minimum absolute atomic E-state index is 0.0215. The molecule has 1 aliphatic heterocycles. The van der Waals surface area contributed by atoms with Gasteiger partial charge in [-0.05, 0) is 38.4 Å². The Labute approximate surface area is 127 Å². The number of hydrogen-bond acceptors (Lipinski definition) is 4. The van der Waals surface area contributed by atoms with Crippen molar-refractivity contribution in [1.82, 2.24) is 14.6 Å². The Morgan fingerprint density at radius 3 is 2.95 bits per heavy atom. The molecule has 0 bridgehead atoms. The number of hydrogen-bond donors (Lipinski definition) is 2. The van der Waals surface area contributed by atoms with Gasteiger partial charge in [-0.25, -0.2) is 0 Å². The molecule has 21 heavy (non-hydrogen) atoms. The molecule has 1 aromatic heterocycles. The number of anilines is 1. The Bertz CT molecular complexity index is 562. The Morgan fingerprint density at radius 1 is 1.43 bits per heavy atom. The van der Waals surface area contributed by atoms with Gasteiger partial charge >= 0.3 is 10.2 Å². The van der Waals surface area contributed by atoms with Gasteiger partial charge in [-0.15, -0.1) is 0 Å². The molecule has 0 aromatic carbocycles. The lowest BCUT2D eigenvalue weighted by Crippen LogP contribution is -2.50. The topological polar surface area (TPSA) is 74.3 Å². The molecule has 2 N–H and O–H groups in total. The third kappa shape index (κ3) is 4.15. The number of nitrogens with one attached hydrogen (secondary N) is 2. The summed E-state index contributed by atoms with van der Waals surface area (Å²) in [6, 6.07) is 3.49. The van der Waals surface area contributed by atoms with E-state index < -0.39 is 10.2 Å². The van der Waals surface area contributed by atoms with E-state index in [1.54, 1.807) is 29.6 Å². The highest BCUT2D eigenvalue weighted by molar-refractivity contribution is 7.90. The van der Waals surface area contributed by atoms with Gasteiger partial charge in [-0.1, -0.05) is 13.3 Å². The summed E-state index contributed by atoms with van der Waals surface area (Å²) in [5, 5.41) is 3.25. The molecule has 0 amide bonds. The van der Waals surface area contributed by atoms with Crippen molar-refractivity contribution in [3.8, 4) is 0 Å². The number of aromatic nitrogens is 1. The van der Waals surface area contributed by atoms with E-state index >= 15 is 0 Å². The molecule has 1 atom stereocenters. The van der Waals surface area contributed by atoms with Gasteiger partial charge in [-0.2, -0.15) is 12.7 Å². The lowest BCUT2D eigenvalue weighted by molar-refractivity contribution is 0.248. The summed E-state index contributed by atoms with van der Waals surface area (Å²) in [7, 11) is -3.54. The van der Waals surface area contributed by atoms with E-state index in [0.29, 0.717) is 24.5 Å². The maximum Gasteiger partial charge on any atom is 0.301 e. The van der Waals surface area contributed by atoms with Gasteiger partial charge in [0, 0.05) is 25.3 Å². The van der Waals surface area contributed by atoms with Gasteiger partial charge < -0.3 is 5.32 Å². The van der Waals surface area contributed by atoms with Crippen molar-refractivity contribution < 1.29 is 8.42 Å². The minimum Gasteiger partial charge on any atom is -0.315 e. The summed E-state index contributed by atoms with van der Waals surface area (Å²) >= 11 is 0. The summed E-state index contributed by atoms with van der Waals surface area (Å²) in [5.74, 6) is 0. The first kappa shape index (κ1) is 16.2. The number of rotatable bonds is 6. The first-order valence-electron chi connectivity index (χ1n) is 7.46. The van der Waals surface area contributed by atoms with Crippen LogP contribution in [0.2, 0.25) is 0 Å². The van der Waals surface area contributed by atoms with Crippen LogP contribution in [0.15, 0.2) is 18.3 Å². The van der Waals surface area contributed by atoms with Gasteiger partial charge in [0.15, 0.2) is 0 Å². The molecule has 1 saturated heterocycles. The van der Waals surface area contributed by atoms with Gasteiger partial charge in [-0.3, -0.25) is 9.71 Å². The van der Waals surface area contributed by atoms with Crippen LogP contribution in [0.1, 0.15) is 31.9 Å². The Morgan fingerprint density at radius 2 is 2.24 bits per heavy atom. The number of aryl methyl sites for hydroxylation is 1. The number of nitrogens with zero attached hydrogens (tertiary/aromatic N) is 2. The monoisotopic (exact) mass is 312 g/mol. The van der Waals surface area contributed by atoms with Crippen molar-refractivity contribution in [2.75, 3.05) is 24.4 Å². The summed E-state index contributed by atoms with van der Waals surface area (Å²) in [6.45, 7) is 5.94. The maximum absolute atomic E-state index is 12.6. The zero-order valence-electron chi connectivity index (χ0n) is 12.7. The molecule has 6 nitrogen and oxygen atoms in total. The van der Waals surface area contributed by atoms with Crippen molar-refractivity contribution in [3.63, 3.8) is 0 Å². The number of piperidine rings is 1. The standard InChI is InChI=1S/C14H24N4O2S/c1-3-15-11-13-7-4-5-10-18(13)21(19,20)17-14-8-6-9-16-12(14)2/h6,8-9,13,15,17H,3-5,7,10-11H2,1-2H3. The van der Waals surface area contributed by atoms with E-state index in [2.05, 4.69) is 15.0 Å². The van der Waals surface area contributed by atoms with Crippen LogP contribution in [0, 0.1) is 6.92 Å². The summed E-state index contributed by atoms with van der Waals surface area (Å²) in [5.41, 5.74) is 1.23. The van der Waals surface area contributed by atoms with Crippen molar-refractivity contribution in [2.24, 2.45) is 0 Å². The SMILES string of the molecule is CCNCC1CCCCN1S(=O)(=O)Nc1cccnc1C. The maximum atomic E-state index is 12.6. The predicted molar refractivity (Wildman–Crippen MR) is 84.4 cm³/mol. The zero-order chi connectivity index (χ0) is 15.3. The lowest BCUT2D eigenvalue weighted by atomic mass is 10.1. The third-order valence-corrected chi connectivity index (χ3v) is 5.33. The van der Waals surface area contributed by atoms with Crippen molar-refractivity contribution >= 4 is 15.9 Å². The zero-order valence-corrected chi connectivity index (χ0v) is 13.5. The van der Waals surface area contributed by atoms with E-state index in [1.165, 1.54) is 0 Å². The first-order valence-corrected chi connectivity index (χ1v) is 8.90. The molecule has 1 fully saturated rings. The highest BCUT2D eigenvalue weighted by atomic mass is 32.2. The van der Waals surface area contributed by atoms with Crippen LogP contribution in [-0.2, 0) is 10.2 Å². The normalized spacial score (nSPS) is 20.4. The van der Waals surface area contributed by atoms with Crippen LogP contribution >= 0.6 is 0 Å². The molecule has 1 unspecified atom stereocenters. The summed E-state index contributed by atoms with van der Waals surface area (Å²) < 4.78 is 29.5. The highest BCUT2D eigenvalue weighted by Gasteiger charge is 2.32. The largest absolute Gasteiger partial charge is 0.315 e. The highest BCUT2D eigenvalue weighted by Crippen LogP contribution is 2.22. The smallest absolute Gasteiger partial charge is 0.301 e. The summed E-state index contributed by atoms with van der Waals surface area (Å²) in [4.78, 5) is 4.12. The fourth-order valence-electron chi connectivity index (χ4n) is 2.60. The van der Waals surface area contributed by atoms with Crippen molar-refractivity contribution in [3.05, 3.63) is 24.0 Å². The van der Waals surface area contributed by atoms with Crippen LogP contribution in [0.25, 0.3) is 0 Å². The van der Waals surface area contributed by atoms with E-state index in [9.17, 15) is 8.42 Å². The molecule has 1 aliphatic rings. The molecular weight excluding hydrogens is 288 g/mol. The molecule has 2 heterocycles. The Hall–Kier alpha value is -1.18. The lowest BCUT2D eigenvalue weighted by Gasteiger charge is -2.34. The molecular formula is C14H24N4O2S. The predicted octanol–water partition coefficient (Wildman–Crippen LogP) is 1.51. The average Bonchev–Trinajstić information content (AvgIpc) is 2.47. The number of likely N-dealkylation sites (N-methyl/N-ethyl adjacent to an activating group) is 1. The van der Waals surface area contributed by atoms with Gasteiger partial charge in [0.2, 0.25) is 0 Å². The van der Waals surface area contributed by atoms with Crippen molar-refractivity contribution in [1.29, 1.82) is 0 Å². The van der Waals surface area contributed by atoms with Gasteiger partial charge in [0.05, 0.1) is 11.4 Å². The fourth-order valence-corrected chi connectivity index (χ4v) is 4.15. The van der Waals surface area contributed by atoms with Crippen LogP contribution in [-0.4, -0.2) is 43.4 Å². The molecule has 118 valence electrons. The second-order valence-corrected chi connectivity index (χ2v) is 6.93. The molecule has 0 saturated carbocycles. The third-order valence-electron chi connectivity index (χ3n) is 3.76. The quantitative estimate of drug-likeness (QED) is 0.835. The van der Waals surface area contributed by atoms with Crippen LogP contribution in [0.4, 0.5) is 5.69 Å². The van der Waals surface area contributed by atoms with Crippen LogP contribution in [0.3, 0.4) is 0 Å². The van der Waals surface area contributed by atoms with Crippen molar-refractivity contribution in [2.45, 2.75) is 39.2 Å². The molecule has 0 aliphatic carbocycles. The average molecular weight is 312 g/mol. The second kappa shape index (κ2) is 7.20. The molecule has 7 heteroatoms. The first-order chi connectivity index (χ1) is 10.0. The minimum atomic E-state index is -3.54. The van der Waals surface area contributed by atoms with Gasteiger partial charge in [0.25, 0.3) is 0 Å². The van der Waals surface area contributed by atoms with Gasteiger partial charge in [0.1, 0.15) is 0 Å². The second-order valence-electron chi connectivity index (χ2n) is 5.31. The number of pyridine rings is 1. The molecule has 0 spiro atoms. The van der Waals surface area contributed by atoms with Crippen LogP contribution < -0.4 is 10.0 Å². The summed E-state index contributed by atoms with van der Waals surface area (Å²) in [6.07, 6.45) is 4.55. The van der Waals surface area contributed by atoms with E-state index in [4.69, 9.17) is 0 Å². The van der Waals surface area contributed by atoms with E-state index in [1.807, 2.05) is 6.92 Å². The van der Waals surface area contributed by atoms with E-state index in [-0.39, 0.29) is 6.04 Å². The Balaban J connectivity index is 2.14. The van der Waals surface area contributed by atoms with Crippen LogP contribution in [0.5, 0.6) is 0 Å². The molecule has 1 aromatic rings. The van der Waals surface area contributed by atoms with E-state index in [0.717, 1.165) is 25.8 Å². The Kier molecular flexibility index (Phi) is 5.55. The molecule has 2 rings (SSSR count). The molecule has 0 radical (unpaired) electrons. The fraction of sp³-hybridized carbons (Fsp3) is 0.643.